The molecule has 2 aromatic rings. The fourth-order valence-corrected chi connectivity index (χ4v) is 3.09. The van der Waals surface area contributed by atoms with Crippen molar-refractivity contribution >= 4 is 46.7 Å². The maximum absolute atomic E-state index is 5.80. The van der Waals surface area contributed by atoms with Gasteiger partial charge in [-0.1, -0.05) is 18.2 Å². The lowest BCUT2D eigenvalue weighted by Crippen LogP contribution is -2.41. The predicted octanol–water partition coefficient (Wildman–Crippen LogP) is 3.39. The van der Waals surface area contributed by atoms with Crippen LogP contribution in [0.1, 0.15) is 26.7 Å². The van der Waals surface area contributed by atoms with E-state index in [1.165, 1.54) is 0 Å². The lowest BCUT2D eigenvalue weighted by molar-refractivity contribution is 0.0283. The molecule has 0 aliphatic carbocycles. The number of rotatable bonds is 7. The number of aliphatic imine (C=N–C) groups is 1. The van der Waals surface area contributed by atoms with Gasteiger partial charge in [-0.15, -0.1) is 24.0 Å². The maximum Gasteiger partial charge on any atom is 0.191 e. The number of pyridine rings is 1. The summed E-state index contributed by atoms with van der Waals surface area (Å²) in [6.07, 6.45) is 2.20. The fraction of sp³-hybridized carbons (Fsp3) is 0.500. The molecular formula is C20H30IN5O. The van der Waals surface area contributed by atoms with Crippen LogP contribution in [0.3, 0.4) is 0 Å². The highest BCUT2D eigenvalue weighted by molar-refractivity contribution is 14.0. The maximum atomic E-state index is 5.80. The standard InChI is InChI=1S/C20H29N5O.HI/c1-3-21-19(24-15-20(2)11-6-14-26-20)23-13-12-22-18-10-9-16-7-4-5-8-17(16)25-18;/h4-5,7-10H,3,6,11-15H2,1-2H3,(H,22,25)(H2,21,23,24);1H. The molecular weight excluding hydrogens is 453 g/mol. The third-order valence-corrected chi connectivity index (χ3v) is 4.54. The molecule has 1 atom stereocenters. The van der Waals surface area contributed by atoms with Gasteiger partial charge in [0.15, 0.2) is 5.96 Å². The quantitative estimate of drug-likeness (QED) is 0.244. The van der Waals surface area contributed by atoms with Crippen LogP contribution in [-0.4, -0.2) is 49.3 Å². The van der Waals surface area contributed by atoms with Gasteiger partial charge in [0.1, 0.15) is 5.82 Å². The van der Waals surface area contributed by atoms with Crippen molar-refractivity contribution in [1.82, 2.24) is 15.6 Å². The Morgan fingerprint density at radius 2 is 2.04 bits per heavy atom. The number of guanidine groups is 1. The monoisotopic (exact) mass is 483 g/mol. The number of hydrogen-bond acceptors (Lipinski definition) is 4. The van der Waals surface area contributed by atoms with E-state index in [9.17, 15) is 0 Å². The first-order valence-corrected chi connectivity index (χ1v) is 9.44. The molecule has 3 rings (SSSR count). The van der Waals surface area contributed by atoms with Crippen LogP contribution in [-0.2, 0) is 4.74 Å². The van der Waals surface area contributed by atoms with E-state index in [4.69, 9.17) is 4.74 Å². The van der Waals surface area contributed by atoms with Crippen molar-refractivity contribution in [3.8, 4) is 0 Å². The van der Waals surface area contributed by atoms with Gasteiger partial charge in [0.05, 0.1) is 17.7 Å². The van der Waals surface area contributed by atoms with Crippen LogP contribution >= 0.6 is 24.0 Å². The molecule has 3 N–H and O–H groups in total. The molecule has 0 amide bonds. The lowest BCUT2D eigenvalue weighted by atomic mass is 10.0. The number of ether oxygens (including phenoxy) is 1. The summed E-state index contributed by atoms with van der Waals surface area (Å²) < 4.78 is 5.80. The van der Waals surface area contributed by atoms with Crippen LogP contribution in [0.15, 0.2) is 41.4 Å². The summed E-state index contributed by atoms with van der Waals surface area (Å²) in [7, 11) is 0. The third kappa shape index (κ3) is 6.49. The van der Waals surface area contributed by atoms with E-state index in [2.05, 4.69) is 51.9 Å². The Labute approximate surface area is 178 Å². The van der Waals surface area contributed by atoms with Crippen molar-refractivity contribution in [2.45, 2.75) is 32.3 Å². The zero-order valence-corrected chi connectivity index (χ0v) is 18.5. The summed E-state index contributed by atoms with van der Waals surface area (Å²) >= 11 is 0. The first-order chi connectivity index (χ1) is 12.7. The molecule has 1 saturated heterocycles. The first-order valence-electron chi connectivity index (χ1n) is 9.44. The fourth-order valence-electron chi connectivity index (χ4n) is 3.09. The largest absolute Gasteiger partial charge is 0.373 e. The molecule has 1 fully saturated rings. The van der Waals surface area contributed by atoms with Gasteiger partial charge in [0, 0.05) is 31.6 Å². The summed E-state index contributed by atoms with van der Waals surface area (Å²) in [6.45, 7) is 8.10. The average Bonchev–Trinajstić information content (AvgIpc) is 3.10. The van der Waals surface area contributed by atoms with Gasteiger partial charge in [-0.05, 0) is 44.9 Å². The van der Waals surface area contributed by atoms with E-state index in [1.54, 1.807) is 0 Å². The number of fused-ring (bicyclic) bond motifs is 1. The Morgan fingerprint density at radius 3 is 2.81 bits per heavy atom. The molecule has 7 heteroatoms. The minimum absolute atomic E-state index is 0. The van der Waals surface area contributed by atoms with E-state index >= 15 is 0 Å². The minimum atomic E-state index is -0.115. The molecule has 6 nitrogen and oxygen atoms in total. The number of nitrogens with one attached hydrogen (secondary N) is 3. The molecule has 1 aliphatic rings. The van der Waals surface area contributed by atoms with Crippen molar-refractivity contribution in [3.05, 3.63) is 36.4 Å². The molecule has 0 bridgehead atoms. The minimum Gasteiger partial charge on any atom is -0.373 e. The molecule has 1 unspecified atom stereocenters. The van der Waals surface area contributed by atoms with Crippen LogP contribution in [0.5, 0.6) is 0 Å². The van der Waals surface area contributed by atoms with E-state index in [0.717, 1.165) is 61.8 Å². The summed E-state index contributed by atoms with van der Waals surface area (Å²) in [5.41, 5.74) is 0.889. The van der Waals surface area contributed by atoms with Gasteiger partial charge in [-0.2, -0.15) is 0 Å². The first kappa shape index (κ1) is 21.7. The molecule has 2 heterocycles. The number of aromatic nitrogens is 1. The molecule has 27 heavy (non-hydrogen) atoms. The number of benzene rings is 1. The van der Waals surface area contributed by atoms with Crippen molar-refractivity contribution in [2.24, 2.45) is 4.99 Å². The Balaban J connectivity index is 0.00000261. The Morgan fingerprint density at radius 1 is 1.19 bits per heavy atom. The molecule has 1 aromatic heterocycles. The summed E-state index contributed by atoms with van der Waals surface area (Å²) in [5, 5.41) is 11.2. The van der Waals surface area contributed by atoms with E-state index in [1.807, 2.05) is 24.3 Å². The van der Waals surface area contributed by atoms with E-state index in [0.29, 0.717) is 6.54 Å². The molecule has 1 aliphatic heterocycles. The van der Waals surface area contributed by atoms with E-state index in [-0.39, 0.29) is 29.6 Å². The van der Waals surface area contributed by atoms with Gasteiger partial charge in [0.25, 0.3) is 0 Å². The summed E-state index contributed by atoms with van der Waals surface area (Å²) in [5.74, 6) is 1.72. The van der Waals surface area contributed by atoms with Crippen LogP contribution in [0, 0.1) is 0 Å². The van der Waals surface area contributed by atoms with E-state index < -0.39 is 0 Å². The second-order valence-corrected chi connectivity index (χ2v) is 6.84. The normalized spacial score (nSPS) is 19.6. The van der Waals surface area contributed by atoms with Crippen LogP contribution in [0.2, 0.25) is 0 Å². The Bertz CT molecular complexity index is 746. The van der Waals surface area contributed by atoms with Gasteiger partial charge in [-0.25, -0.2) is 4.98 Å². The summed E-state index contributed by atoms with van der Waals surface area (Å²) in [4.78, 5) is 9.30. The van der Waals surface area contributed by atoms with Crippen molar-refractivity contribution < 1.29 is 4.74 Å². The molecule has 0 radical (unpaired) electrons. The second-order valence-electron chi connectivity index (χ2n) is 6.84. The van der Waals surface area contributed by atoms with Gasteiger partial charge in [0.2, 0.25) is 0 Å². The van der Waals surface area contributed by atoms with Crippen LogP contribution in [0.4, 0.5) is 5.82 Å². The Kier molecular flexibility index (Phi) is 8.56. The highest BCUT2D eigenvalue weighted by Gasteiger charge is 2.29. The zero-order valence-electron chi connectivity index (χ0n) is 16.1. The van der Waals surface area contributed by atoms with Crippen LogP contribution in [0.25, 0.3) is 10.9 Å². The zero-order chi connectivity index (χ0) is 18.2. The van der Waals surface area contributed by atoms with Gasteiger partial charge in [-0.3, -0.25) is 4.99 Å². The molecule has 1 aromatic carbocycles. The molecule has 0 saturated carbocycles. The van der Waals surface area contributed by atoms with Gasteiger partial charge >= 0.3 is 0 Å². The number of halogens is 1. The average molecular weight is 483 g/mol. The third-order valence-electron chi connectivity index (χ3n) is 4.54. The number of nitrogens with zero attached hydrogens (tertiary/aromatic N) is 2. The SMILES string of the molecule is CCNC(=NCC1(C)CCCO1)NCCNc1ccc2ccccc2n1.I. The predicted molar refractivity (Wildman–Crippen MR) is 123 cm³/mol. The topological polar surface area (TPSA) is 70.6 Å². The van der Waals surface area contributed by atoms with Gasteiger partial charge < -0.3 is 20.7 Å². The summed E-state index contributed by atoms with van der Waals surface area (Å²) in [6, 6.07) is 12.2. The number of anilines is 1. The van der Waals surface area contributed by atoms with Crippen LogP contribution < -0.4 is 16.0 Å². The lowest BCUT2D eigenvalue weighted by Gasteiger charge is -2.21. The smallest absolute Gasteiger partial charge is 0.191 e. The second kappa shape index (κ2) is 10.7. The highest BCUT2D eigenvalue weighted by atomic mass is 127. The number of hydrogen-bond donors (Lipinski definition) is 3. The number of para-hydroxylation sites is 1. The van der Waals surface area contributed by atoms with Crippen molar-refractivity contribution in [2.75, 3.05) is 38.1 Å². The highest BCUT2D eigenvalue weighted by Crippen LogP contribution is 2.24. The van der Waals surface area contributed by atoms with Crippen molar-refractivity contribution in [1.29, 1.82) is 0 Å². The Hall–Kier alpha value is -1.61. The van der Waals surface area contributed by atoms with Crippen molar-refractivity contribution in [3.63, 3.8) is 0 Å². The molecule has 0 spiro atoms. The molecule has 148 valence electrons.